The summed E-state index contributed by atoms with van der Waals surface area (Å²) in [6.45, 7) is 4.45. The molecule has 2 fully saturated rings. The Balaban J connectivity index is 1.91. The van der Waals surface area contributed by atoms with E-state index in [1.807, 2.05) is 4.90 Å². The first-order chi connectivity index (χ1) is 8.02. The summed E-state index contributed by atoms with van der Waals surface area (Å²) < 4.78 is 5.97. The molecule has 5 nitrogen and oxygen atoms in total. The van der Waals surface area contributed by atoms with Crippen LogP contribution < -0.4 is 0 Å². The maximum Gasteiger partial charge on any atom is 0.319 e. The first-order valence-corrected chi connectivity index (χ1v) is 6.31. The molecular formula is C12H23N3O2. The number of nitrogens with zero attached hydrogens (tertiary/aromatic N) is 3. The third kappa shape index (κ3) is 2.72. The van der Waals surface area contributed by atoms with Gasteiger partial charge >= 0.3 is 6.03 Å². The highest BCUT2D eigenvalue weighted by atomic mass is 16.5. The van der Waals surface area contributed by atoms with Crippen LogP contribution in [0.3, 0.4) is 0 Å². The second-order valence-corrected chi connectivity index (χ2v) is 5.43. The van der Waals surface area contributed by atoms with Gasteiger partial charge < -0.3 is 19.4 Å². The molecule has 2 aliphatic rings. The zero-order valence-electron chi connectivity index (χ0n) is 11.1. The number of hydrogen-bond acceptors (Lipinski definition) is 3. The van der Waals surface area contributed by atoms with E-state index in [4.69, 9.17) is 4.74 Å². The van der Waals surface area contributed by atoms with Crippen molar-refractivity contribution in [3.05, 3.63) is 0 Å². The van der Waals surface area contributed by atoms with Crippen LogP contribution in [0.4, 0.5) is 4.79 Å². The SMILES string of the molecule is CN1CCOC2(CCN(C(=O)N(C)C)CC2)C1. The number of amides is 2. The number of carbonyl (C=O) groups is 1. The number of carbonyl (C=O) groups excluding carboxylic acids is 1. The number of likely N-dealkylation sites (N-methyl/N-ethyl adjacent to an activating group) is 1. The quantitative estimate of drug-likeness (QED) is 0.618. The second-order valence-electron chi connectivity index (χ2n) is 5.43. The van der Waals surface area contributed by atoms with Crippen LogP contribution in [0.5, 0.6) is 0 Å². The molecule has 98 valence electrons. The Labute approximate surface area is 103 Å². The fourth-order valence-electron chi connectivity index (χ4n) is 2.73. The zero-order valence-corrected chi connectivity index (χ0v) is 11.1. The van der Waals surface area contributed by atoms with Gasteiger partial charge in [0.15, 0.2) is 0 Å². The number of hydrogen-bond donors (Lipinski definition) is 0. The summed E-state index contributed by atoms with van der Waals surface area (Å²) >= 11 is 0. The lowest BCUT2D eigenvalue weighted by molar-refractivity contribution is -0.127. The fraction of sp³-hybridized carbons (Fsp3) is 0.917. The number of morpholine rings is 1. The van der Waals surface area contributed by atoms with Gasteiger partial charge in [0.1, 0.15) is 0 Å². The minimum atomic E-state index is -0.00388. The van der Waals surface area contributed by atoms with E-state index in [9.17, 15) is 4.79 Å². The molecule has 0 aromatic carbocycles. The molecule has 1 spiro atoms. The van der Waals surface area contributed by atoms with Gasteiger partial charge in [-0.3, -0.25) is 0 Å². The second kappa shape index (κ2) is 4.82. The summed E-state index contributed by atoms with van der Waals surface area (Å²) in [6, 6.07) is 0.115. The van der Waals surface area contributed by atoms with Crippen LogP contribution >= 0.6 is 0 Å². The Hall–Kier alpha value is -0.810. The summed E-state index contributed by atoms with van der Waals surface area (Å²) in [7, 11) is 5.75. The molecule has 0 saturated carbocycles. The molecule has 0 aliphatic carbocycles. The highest BCUT2D eigenvalue weighted by molar-refractivity contribution is 5.73. The van der Waals surface area contributed by atoms with Crippen molar-refractivity contribution in [2.45, 2.75) is 18.4 Å². The lowest BCUT2D eigenvalue weighted by Crippen LogP contribution is -2.57. The summed E-state index contributed by atoms with van der Waals surface area (Å²) in [4.78, 5) is 17.7. The monoisotopic (exact) mass is 241 g/mol. The lowest BCUT2D eigenvalue weighted by atomic mass is 9.89. The van der Waals surface area contributed by atoms with E-state index < -0.39 is 0 Å². The van der Waals surface area contributed by atoms with Crippen molar-refractivity contribution in [1.82, 2.24) is 14.7 Å². The first kappa shape index (κ1) is 12.6. The van der Waals surface area contributed by atoms with E-state index in [1.54, 1.807) is 19.0 Å². The van der Waals surface area contributed by atoms with Crippen molar-refractivity contribution < 1.29 is 9.53 Å². The largest absolute Gasteiger partial charge is 0.372 e. The molecule has 0 unspecified atom stereocenters. The molecule has 2 amide bonds. The van der Waals surface area contributed by atoms with Gasteiger partial charge in [0, 0.05) is 40.3 Å². The Morgan fingerprint density at radius 3 is 2.41 bits per heavy atom. The van der Waals surface area contributed by atoms with Crippen molar-refractivity contribution in [2.24, 2.45) is 0 Å². The van der Waals surface area contributed by atoms with E-state index in [1.165, 1.54) is 0 Å². The van der Waals surface area contributed by atoms with Crippen LogP contribution in [0.15, 0.2) is 0 Å². The lowest BCUT2D eigenvalue weighted by Gasteiger charge is -2.46. The molecule has 2 rings (SSSR count). The van der Waals surface area contributed by atoms with Crippen LogP contribution in [0.1, 0.15) is 12.8 Å². The number of ether oxygens (including phenoxy) is 1. The molecule has 17 heavy (non-hydrogen) atoms. The van der Waals surface area contributed by atoms with Crippen LogP contribution in [-0.2, 0) is 4.74 Å². The highest BCUT2D eigenvalue weighted by Crippen LogP contribution is 2.29. The number of rotatable bonds is 0. The van der Waals surface area contributed by atoms with Crippen molar-refractivity contribution >= 4 is 6.03 Å². The predicted octanol–water partition coefficient (Wildman–Crippen LogP) is 0.465. The number of piperidine rings is 1. The molecule has 0 aromatic heterocycles. The van der Waals surface area contributed by atoms with E-state index >= 15 is 0 Å². The molecular weight excluding hydrogens is 218 g/mol. The zero-order chi connectivity index (χ0) is 12.5. The van der Waals surface area contributed by atoms with Crippen molar-refractivity contribution in [3.8, 4) is 0 Å². The van der Waals surface area contributed by atoms with Crippen LogP contribution in [0, 0.1) is 0 Å². The summed E-state index contributed by atoms with van der Waals surface area (Å²) in [6.07, 6.45) is 1.91. The van der Waals surface area contributed by atoms with Crippen LogP contribution in [0.25, 0.3) is 0 Å². The maximum atomic E-state index is 11.8. The highest BCUT2D eigenvalue weighted by Gasteiger charge is 2.39. The van der Waals surface area contributed by atoms with Gasteiger partial charge in [-0.05, 0) is 19.9 Å². The summed E-state index contributed by atoms with van der Waals surface area (Å²) in [5, 5.41) is 0. The molecule has 2 aliphatic heterocycles. The molecule has 0 radical (unpaired) electrons. The van der Waals surface area contributed by atoms with Gasteiger partial charge in [0.2, 0.25) is 0 Å². The molecule has 2 heterocycles. The van der Waals surface area contributed by atoms with Gasteiger partial charge in [-0.15, -0.1) is 0 Å². The van der Waals surface area contributed by atoms with Gasteiger partial charge in [-0.25, -0.2) is 4.79 Å². The average molecular weight is 241 g/mol. The average Bonchev–Trinajstić information content (AvgIpc) is 2.29. The number of urea groups is 1. The molecule has 0 atom stereocenters. The van der Waals surface area contributed by atoms with E-state index in [-0.39, 0.29) is 11.6 Å². The molecule has 5 heteroatoms. The normalized spacial score (nSPS) is 25.0. The van der Waals surface area contributed by atoms with Gasteiger partial charge in [-0.2, -0.15) is 0 Å². The van der Waals surface area contributed by atoms with Crippen LogP contribution in [-0.4, -0.2) is 80.3 Å². The minimum Gasteiger partial charge on any atom is -0.372 e. The predicted molar refractivity (Wildman–Crippen MR) is 66.1 cm³/mol. The molecule has 2 saturated heterocycles. The van der Waals surface area contributed by atoms with Crippen molar-refractivity contribution in [2.75, 3.05) is 53.9 Å². The van der Waals surface area contributed by atoms with Gasteiger partial charge in [-0.1, -0.05) is 0 Å². The van der Waals surface area contributed by atoms with Crippen molar-refractivity contribution in [3.63, 3.8) is 0 Å². The fourth-order valence-corrected chi connectivity index (χ4v) is 2.73. The Morgan fingerprint density at radius 2 is 1.88 bits per heavy atom. The van der Waals surface area contributed by atoms with Gasteiger partial charge in [0.25, 0.3) is 0 Å². The van der Waals surface area contributed by atoms with Crippen molar-refractivity contribution in [1.29, 1.82) is 0 Å². The molecule has 0 aromatic rings. The van der Waals surface area contributed by atoms with E-state index in [2.05, 4.69) is 11.9 Å². The maximum absolute atomic E-state index is 11.8. The third-order valence-corrected chi connectivity index (χ3v) is 3.77. The van der Waals surface area contributed by atoms with E-state index in [0.717, 1.165) is 45.6 Å². The van der Waals surface area contributed by atoms with E-state index in [0.29, 0.717) is 0 Å². The van der Waals surface area contributed by atoms with Crippen LogP contribution in [0.2, 0.25) is 0 Å². The molecule has 0 N–H and O–H groups in total. The van der Waals surface area contributed by atoms with Gasteiger partial charge in [0.05, 0.1) is 12.2 Å². The minimum absolute atomic E-state index is 0.00388. The third-order valence-electron chi connectivity index (χ3n) is 3.77. The first-order valence-electron chi connectivity index (χ1n) is 6.31. The smallest absolute Gasteiger partial charge is 0.319 e. The molecule has 0 bridgehead atoms. The summed E-state index contributed by atoms with van der Waals surface area (Å²) in [5.41, 5.74) is -0.00388. The summed E-state index contributed by atoms with van der Waals surface area (Å²) in [5.74, 6) is 0. The Morgan fingerprint density at radius 1 is 1.24 bits per heavy atom. The Bertz CT molecular complexity index is 285. The standard InChI is InChI=1S/C12H23N3O2/c1-13(2)11(16)15-6-4-12(5-7-15)10-14(3)8-9-17-12/h4-10H2,1-3H3. The topological polar surface area (TPSA) is 36.0 Å². The number of likely N-dealkylation sites (tertiary alicyclic amines) is 1. The Kier molecular flexibility index (Phi) is 3.58.